The van der Waals surface area contributed by atoms with Gasteiger partial charge >= 0.3 is 0 Å². The molecule has 0 aliphatic heterocycles. The number of pyridine rings is 2. The zero-order chi connectivity index (χ0) is 34.1. The summed E-state index contributed by atoms with van der Waals surface area (Å²) < 4.78 is 11.7. The van der Waals surface area contributed by atoms with Crippen molar-refractivity contribution >= 4 is 73.7 Å². The number of hydrogen-bond acceptors (Lipinski definition) is 6. The van der Waals surface area contributed by atoms with Gasteiger partial charge in [-0.1, -0.05) is 105 Å². The molecule has 3 nitrogen and oxygen atoms in total. The van der Waals surface area contributed by atoms with Gasteiger partial charge in [-0.2, -0.15) is 0 Å². The Hall–Kier alpha value is -4.88. The van der Waals surface area contributed by atoms with E-state index < -0.39 is 0 Å². The molecule has 0 unspecified atom stereocenters. The average Bonchev–Trinajstić information content (AvgIpc) is 3.77. The number of aromatic nitrogens is 2. The standard InChI is InChI=1S/C44H34N2OS3/c1-25-18-20-28(21-19-25)41-26(2)31-24-37(47-36-17-11-15-33(45-36)27-12-7-6-8-13-27)46-40(42(31)50-41)29-22-32(44(3,4)5)39-35(23-29)49-43-38(39)30-14-9-10-16-34(30)48-43/h6-24H,1-5H3. The first-order chi connectivity index (χ1) is 24.2. The SMILES string of the molecule is Cc1ccc(-c2sc3c(-c4cc(C(C)(C)C)c5c(c4)sc4sc6ccccc6c45)nc(Oc4cccc(-c5ccccc5)n4)cc3c2C)cc1. The van der Waals surface area contributed by atoms with E-state index in [2.05, 4.69) is 113 Å². The lowest BCUT2D eigenvalue weighted by atomic mass is 9.83. The molecule has 9 rings (SSSR count). The van der Waals surface area contributed by atoms with Gasteiger partial charge in [-0.3, -0.25) is 0 Å². The van der Waals surface area contributed by atoms with Crippen LogP contribution in [-0.4, -0.2) is 9.97 Å². The molecule has 5 heterocycles. The first kappa shape index (κ1) is 31.1. The Morgan fingerprint density at radius 2 is 1.34 bits per heavy atom. The quantitative estimate of drug-likeness (QED) is 0.179. The van der Waals surface area contributed by atoms with Crippen molar-refractivity contribution in [2.75, 3.05) is 0 Å². The van der Waals surface area contributed by atoms with Crippen LogP contribution < -0.4 is 4.74 Å². The van der Waals surface area contributed by atoms with Crippen LogP contribution in [0.1, 0.15) is 37.5 Å². The highest BCUT2D eigenvalue weighted by Crippen LogP contribution is 2.50. The highest BCUT2D eigenvalue weighted by atomic mass is 32.2. The van der Waals surface area contributed by atoms with Crippen LogP contribution in [0.4, 0.5) is 0 Å². The van der Waals surface area contributed by atoms with Gasteiger partial charge in [0.05, 0.1) is 20.1 Å². The van der Waals surface area contributed by atoms with Crippen molar-refractivity contribution in [1.29, 1.82) is 0 Å². The van der Waals surface area contributed by atoms with Crippen LogP contribution in [0.5, 0.6) is 11.8 Å². The largest absolute Gasteiger partial charge is 0.421 e. The van der Waals surface area contributed by atoms with E-state index >= 15 is 0 Å². The number of benzene rings is 4. The maximum atomic E-state index is 6.55. The van der Waals surface area contributed by atoms with Gasteiger partial charge in [0, 0.05) is 59.1 Å². The molecule has 0 fully saturated rings. The van der Waals surface area contributed by atoms with Crippen LogP contribution in [0.25, 0.3) is 72.6 Å². The van der Waals surface area contributed by atoms with Gasteiger partial charge in [0.15, 0.2) is 0 Å². The predicted molar refractivity (Wildman–Crippen MR) is 217 cm³/mol. The van der Waals surface area contributed by atoms with E-state index in [0.717, 1.165) is 27.9 Å². The molecule has 0 bridgehead atoms. The average molecular weight is 703 g/mol. The molecule has 0 aliphatic rings. The molecule has 0 saturated carbocycles. The van der Waals surface area contributed by atoms with Crippen molar-refractivity contribution in [3.63, 3.8) is 0 Å². The molecule has 4 aromatic carbocycles. The third kappa shape index (κ3) is 5.30. The van der Waals surface area contributed by atoms with Gasteiger partial charge < -0.3 is 4.74 Å². The number of rotatable bonds is 5. The Balaban J connectivity index is 1.27. The highest BCUT2D eigenvalue weighted by molar-refractivity contribution is 7.44. The number of nitrogens with zero attached hydrogens (tertiary/aromatic N) is 2. The maximum absolute atomic E-state index is 6.55. The van der Waals surface area contributed by atoms with Crippen LogP contribution in [0.15, 0.2) is 115 Å². The highest BCUT2D eigenvalue weighted by Gasteiger charge is 2.25. The molecule has 244 valence electrons. The number of hydrogen-bond donors (Lipinski definition) is 0. The van der Waals surface area contributed by atoms with Crippen molar-refractivity contribution in [3.05, 3.63) is 132 Å². The minimum absolute atomic E-state index is 0.0846. The van der Waals surface area contributed by atoms with Crippen molar-refractivity contribution in [2.24, 2.45) is 0 Å². The maximum Gasteiger partial charge on any atom is 0.222 e. The number of fused-ring (bicyclic) bond motifs is 6. The fourth-order valence-corrected chi connectivity index (χ4v) is 10.8. The van der Waals surface area contributed by atoms with Crippen LogP contribution >= 0.6 is 34.0 Å². The minimum atomic E-state index is -0.0846. The Kier molecular flexibility index (Phi) is 7.39. The van der Waals surface area contributed by atoms with Gasteiger partial charge in [0.25, 0.3) is 0 Å². The van der Waals surface area contributed by atoms with Crippen LogP contribution in [0.2, 0.25) is 0 Å². The zero-order valence-electron chi connectivity index (χ0n) is 28.5. The molecule has 0 aliphatic carbocycles. The van der Waals surface area contributed by atoms with E-state index in [-0.39, 0.29) is 5.41 Å². The Morgan fingerprint density at radius 1 is 0.580 bits per heavy atom. The lowest BCUT2D eigenvalue weighted by Crippen LogP contribution is -2.11. The van der Waals surface area contributed by atoms with Gasteiger partial charge in [0.2, 0.25) is 11.8 Å². The summed E-state index contributed by atoms with van der Waals surface area (Å²) in [4.78, 5) is 11.4. The summed E-state index contributed by atoms with van der Waals surface area (Å²) in [5, 5.41) is 5.25. The van der Waals surface area contributed by atoms with E-state index in [1.165, 1.54) is 61.4 Å². The predicted octanol–water partition coefficient (Wildman–Crippen LogP) is 14.0. The van der Waals surface area contributed by atoms with Crippen LogP contribution in [-0.2, 0) is 5.41 Å². The number of ether oxygens (including phenoxy) is 1. The zero-order valence-corrected chi connectivity index (χ0v) is 30.9. The van der Waals surface area contributed by atoms with Gasteiger partial charge in [-0.05, 0) is 60.2 Å². The fraction of sp³-hybridized carbons (Fsp3) is 0.136. The smallest absolute Gasteiger partial charge is 0.222 e. The summed E-state index contributed by atoms with van der Waals surface area (Å²) in [6.07, 6.45) is 0. The van der Waals surface area contributed by atoms with Gasteiger partial charge in [-0.25, -0.2) is 9.97 Å². The second kappa shape index (κ2) is 11.9. The Morgan fingerprint density at radius 3 is 2.14 bits per heavy atom. The van der Waals surface area contributed by atoms with Crippen molar-refractivity contribution in [3.8, 4) is 44.7 Å². The summed E-state index contributed by atoms with van der Waals surface area (Å²) in [6.45, 7) is 11.3. The lowest BCUT2D eigenvalue weighted by Gasteiger charge is -2.22. The first-order valence-corrected chi connectivity index (χ1v) is 19.3. The molecule has 0 saturated heterocycles. The van der Waals surface area contributed by atoms with Crippen molar-refractivity contribution < 1.29 is 4.74 Å². The van der Waals surface area contributed by atoms with Gasteiger partial charge in [-0.15, -0.1) is 34.0 Å². The lowest BCUT2D eigenvalue weighted by molar-refractivity contribution is 0.447. The fourth-order valence-electron chi connectivity index (χ4n) is 6.88. The summed E-state index contributed by atoms with van der Waals surface area (Å²) in [5.41, 5.74) is 8.92. The molecule has 0 spiro atoms. The third-order valence-electron chi connectivity index (χ3n) is 9.41. The topological polar surface area (TPSA) is 35.0 Å². The second-order valence-electron chi connectivity index (χ2n) is 13.9. The monoisotopic (exact) mass is 702 g/mol. The molecule has 9 aromatic rings. The molecular formula is C44H34N2OS3. The third-order valence-corrected chi connectivity index (χ3v) is 13.2. The molecule has 0 N–H and O–H groups in total. The molecule has 0 radical (unpaired) electrons. The second-order valence-corrected chi connectivity index (χ2v) is 17.3. The summed E-state index contributed by atoms with van der Waals surface area (Å²) in [5.74, 6) is 1.06. The molecule has 50 heavy (non-hydrogen) atoms. The molecular weight excluding hydrogens is 669 g/mol. The molecule has 6 heteroatoms. The van der Waals surface area contributed by atoms with Gasteiger partial charge in [0.1, 0.15) is 0 Å². The molecule has 5 aromatic heterocycles. The first-order valence-electron chi connectivity index (χ1n) is 16.8. The molecule has 0 amide bonds. The Bertz CT molecular complexity index is 2730. The van der Waals surface area contributed by atoms with E-state index in [0.29, 0.717) is 11.8 Å². The van der Waals surface area contributed by atoms with Crippen molar-refractivity contribution in [2.45, 2.75) is 40.0 Å². The van der Waals surface area contributed by atoms with E-state index in [1.807, 2.05) is 70.4 Å². The minimum Gasteiger partial charge on any atom is -0.421 e. The summed E-state index contributed by atoms with van der Waals surface area (Å²) in [6, 6.07) is 40.6. The number of thiophene rings is 3. The van der Waals surface area contributed by atoms with Crippen LogP contribution in [0.3, 0.4) is 0 Å². The normalized spacial score (nSPS) is 12.1. The van der Waals surface area contributed by atoms with E-state index in [4.69, 9.17) is 14.7 Å². The van der Waals surface area contributed by atoms with E-state index in [9.17, 15) is 0 Å². The summed E-state index contributed by atoms with van der Waals surface area (Å²) in [7, 11) is 0. The van der Waals surface area contributed by atoms with Crippen molar-refractivity contribution in [1.82, 2.24) is 9.97 Å². The molecule has 0 atom stereocenters. The number of aryl methyl sites for hydroxylation is 2. The Labute approximate surface area is 303 Å². The van der Waals surface area contributed by atoms with Crippen LogP contribution in [0, 0.1) is 13.8 Å². The summed E-state index contributed by atoms with van der Waals surface area (Å²) >= 11 is 5.61. The van der Waals surface area contributed by atoms with E-state index in [1.54, 1.807) is 0 Å².